The van der Waals surface area contributed by atoms with Crippen molar-refractivity contribution in [1.82, 2.24) is 9.97 Å². The molecule has 6 aromatic carbocycles. The van der Waals surface area contributed by atoms with E-state index in [9.17, 15) is 0 Å². The maximum absolute atomic E-state index is 6.80. The molecule has 5 heteroatoms. The molecule has 3 heterocycles. The number of ether oxygens (including phenoxy) is 2. The highest BCUT2D eigenvalue weighted by Gasteiger charge is 2.47. The van der Waals surface area contributed by atoms with E-state index in [-0.39, 0.29) is 12.1 Å². The molecular formula is C46H31N3O2. The summed E-state index contributed by atoms with van der Waals surface area (Å²) < 4.78 is 13.3. The molecular weight excluding hydrogens is 627 g/mol. The Bertz CT molecular complexity index is 2440. The largest absolute Gasteiger partial charge is 0.476 e. The van der Waals surface area contributed by atoms with Gasteiger partial charge in [0, 0.05) is 33.6 Å². The maximum Gasteiger partial charge on any atom is 0.181 e. The normalized spacial score (nSPS) is 16.7. The van der Waals surface area contributed by atoms with Crippen molar-refractivity contribution in [2.24, 2.45) is 0 Å². The van der Waals surface area contributed by atoms with Crippen LogP contribution >= 0.6 is 0 Å². The molecule has 51 heavy (non-hydrogen) atoms. The first-order valence-electron chi connectivity index (χ1n) is 17.2. The average molecular weight is 658 g/mol. The van der Waals surface area contributed by atoms with Crippen LogP contribution in [0.15, 0.2) is 182 Å². The quantitative estimate of drug-likeness (QED) is 0.184. The van der Waals surface area contributed by atoms with Crippen LogP contribution in [0.5, 0.6) is 11.5 Å². The van der Waals surface area contributed by atoms with Gasteiger partial charge in [-0.3, -0.25) is 0 Å². The molecule has 0 amide bonds. The Morgan fingerprint density at radius 2 is 1.14 bits per heavy atom. The minimum Gasteiger partial charge on any atom is -0.476 e. The van der Waals surface area contributed by atoms with Crippen LogP contribution in [0.2, 0.25) is 0 Å². The predicted octanol–water partition coefficient (Wildman–Crippen LogP) is 10.8. The first kappa shape index (κ1) is 29.2. The summed E-state index contributed by atoms with van der Waals surface area (Å²) >= 11 is 0. The summed E-state index contributed by atoms with van der Waals surface area (Å²) in [4.78, 5) is 12.6. The van der Waals surface area contributed by atoms with Gasteiger partial charge >= 0.3 is 0 Å². The summed E-state index contributed by atoms with van der Waals surface area (Å²) in [6, 6.07) is 56.3. The summed E-state index contributed by atoms with van der Waals surface area (Å²) in [5.41, 5.74) is 11.7. The van der Waals surface area contributed by atoms with E-state index in [0.29, 0.717) is 5.82 Å². The molecule has 2 aliphatic heterocycles. The lowest BCUT2D eigenvalue weighted by molar-refractivity contribution is 0.138. The number of para-hydroxylation sites is 2. The monoisotopic (exact) mass is 657 g/mol. The van der Waals surface area contributed by atoms with E-state index in [2.05, 4.69) is 120 Å². The Balaban J connectivity index is 1.12. The number of aromatic nitrogens is 2. The second kappa shape index (κ2) is 12.0. The molecule has 5 nitrogen and oxygen atoms in total. The number of rotatable bonds is 5. The van der Waals surface area contributed by atoms with Gasteiger partial charge in [-0.15, -0.1) is 0 Å². The third kappa shape index (κ3) is 5.10. The summed E-state index contributed by atoms with van der Waals surface area (Å²) in [6.07, 6.45) is 3.93. The first-order valence-corrected chi connectivity index (χ1v) is 17.2. The van der Waals surface area contributed by atoms with E-state index < -0.39 is 0 Å². The summed E-state index contributed by atoms with van der Waals surface area (Å²) in [5, 5.41) is 0. The van der Waals surface area contributed by atoms with Crippen LogP contribution in [0.3, 0.4) is 0 Å². The van der Waals surface area contributed by atoms with Gasteiger partial charge < -0.3 is 14.4 Å². The predicted molar refractivity (Wildman–Crippen MR) is 204 cm³/mol. The number of allylic oxidation sites excluding steroid dienone is 2. The van der Waals surface area contributed by atoms with Gasteiger partial charge in [0.1, 0.15) is 11.8 Å². The molecule has 0 saturated heterocycles. The number of nitrogens with zero attached hydrogens (tertiary/aromatic N) is 3. The Morgan fingerprint density at radius 3 is 1.90 bits per heavy atom. The number of benzene rings is 6. The molecule has 10 rings (SSSR count). The van der Waals surface area contributed by atoms with E-state index in [1.807, 2.05) is 60.7 Å². The molecule has 7 aromatic rings. The van der Waals surface area contributed by atoms with Gasteiger partial charge in [0.2, 0.25) is 0 Å². The Kier molecular flexibility index (Phi) is 6.88. The molecule has 1 aromatic heterocycles. The molecule has 3 aliphatic rings. The Hall–Kier alpha value is -6.72. The minimum atomic E-state index is -0.343. The number of fused-ring (bicyclic) bond motifs is 6. The highest BCUT2D eigenvalue weighted by Crippen LogP contribution is 2.52. The van der Waals surface area contributed by atoms with Crippen LogP contribution in [-0.4, -0.2) is 22.1 Å². The van der Waals surface area contributed by atoms with E-state index in [0.717, 1.165) is 56.7 Å². The van der Waals surface area contributed by atoms with E-state index >= 15 is 0 Å². The zero-order valence-electron chi connectivity index (χ0n) is 27.6. The van der Waals surface area contributed by atoms with Gasteiger partial charge in [0.05, 0.1) is 11.4 Å². The zero-order chi connectivity index (χ0) is 33.7. The van der Waals surface area contributed by atoms with Crippen LogP contribution in [0, 0.1) is 0 Å². The molecule has 2 unspecified atom stereocenters. The number of hydrogen-bond acceptors (Lipinski definition) is 5. The number of anilines is 2. The highest BCUT2D eigenvalue weighted by molar-refractivity contribution is 5.96. The van der Waals surface area contributed by atoms with E-state index in [1.165, 1.54) is 22.3 Å². The first-order chi connectivity index (χ1) is 25.3. The molecule has 0 spiro atoms. The smallest absolute Gasteiger partial charge is 0.181 e. The van der Waals surface area contributed by atoms with Crippen LogP contribution in [0.1, 0.15) is 5.56 Å². The van der Waals surface area contributed by atoms with Gasteiger partial charge in [0.25, 0.3) is 0 Å². The maximum atomic E-state index is 6.80. The van der Waals surface area contributed by atoms with Gasteiger partial charge in [-0.2, -0.15) is 0 Å². The Labute approximate surface area is 296 Å². The van der Waals surface area contributed by atoms with Crippen LogP contribution in [-0.2, 0) is 0 Å². The third-order valence-electron chi connectivity index (χ3n) is 9.84. The fourth-order valence-electron chi connectivity index (χ4n) is 7.44. The zero-order valence-corrected chi connectivity index (χ0v) is 27.6. The molecule has 1 aliphatic carbocycles. The van der Waals surface area contributed by atoms with Crippen molar-refractivity contribution in [3.63, 3.8) is 0 Å². The lowest BCUT2D eigenvalue weighted by atomic mass is 9.90. The van der Waals surface area contributed by atoms with Crippen LogP contribution in [0.4, 0.5) is 11.4 Å². The van der Waals surface area contributed by atoms with Crippen LogP contribution < -0.4 is 14.4 Å². The summed E-state index contributed by atoms with van der Waals surface area (Å²) in [5.74, 6) is 2.98. The summed E-state index contributed by atoms with van der Waals surface area (Å²) in [6.45, 7) is 0. The Morgan fingerprint density at radius 1 is 0.490 bits per heavy atom. The fraction of sp³-hybridized carbons (Fsp3) is 0.0435. The van der Waals surface area contributed by atoms with Crippen molar-refractivity contribution in [2.75, 3.05) is 4.90 Å². The molecule has 0 bridgehead atoms. The van der Waals surface area contributed by atoms with Crippen molar-refractivity contribution in [3.8, 4) is 56.5 Å². The summed E-state index contributed by atoms with van der Waals surface area (Å²) in [7, 11) is 0. The van der Waals surface area contributed by atoms with Crippen molar-refractivity contribution in [3.05, 3.63) is 187 Å². The SMILES string of the molecule is C1=C2Oc3ccccc3OC2C2C(=C1)c1cc(-c3ccccc3)ccc1N2c1cccc(-c2cc(-c3ccccc3)nc(-c3ccccc3)n2)c1. The molecule has 0 fully saturated rings. The van der Waals surface area contributed by atoms with Crippen molar-refractivity contribution < 1.29 is 9.47 Å². The van der Waals surface area contributed by atoms with Gasteiger partial charge in [-0.25, -0.2) is 9.97 Å². The molecule has 2 atom stereocenters. The molecule has 0 saturated carbocycles. The molecule has 0 N–H and O–H groups in total. The standard InChI is InChI=1S/C46H31N3O2/c1-4-13-30(14-5-1)33-23-25-40-37(28-33)36-24-26-43-45(51-42-22-11-10-21-41(42)50-43)44(36)49(40)35-20-12-19-34(27-35)39-29-38(31-15-6-2-7-16-31)47-46(48-39)32-17-8-3-9-18-32/h1-29,44-45H. The second-order valence-corrected chi connectivity index (χ2v) is 12.9. The third-order valence-corrected chi connectivity index (χ3v) is 9.84. The van der Waals surface area contributed by atoms with Crippen LogP contribution in [0.25, 0.3) is 50.6 Å². The van der Waals surface area contributed by atoms with E-state index in [4.69, 9.17) is 19.4 Å². The lowest BCUT2D eigenvalue weighted by Gasteiger charge is -2.39. The number of hydrogen-bond donors (Lipinski definition) is 0. The van der Waals surface area contributed by atoms with Crippen molar-refractivity contribution >= 4 is 16.9 Å². The second-order valence-electron chi connectivity index (χ2n) is 12.9. The van der Waals surface area contributed by atoms with Gasteiger partial charge in [-0.05, 0) is 65.2 Å². The van der Waals surface area contributed by atoms with E-state index in [1.54, 1.807) is 0 Å². The van der Waals surface area contributed by atoms with Gasteiger partial charge in [-0.1, -0.05) is 127 Å². The average Bonchev–Trinajstić information content (AvgIpc) is 3.55. The van der Waals surface area contributed by atoms with Crippen molar-refractivity contribution in [1.29, 1.82) is 0 Å². The lowest BCUT2D eigenvalue weighted by Crippen LogP contribution is -2.46. The topological polar surface area (TPSA) is 47.5 Å². The minimum absolute atomic E-state index is 0.153. The fourth-order valence-corrected chi connectivity index (χ4v) is 7.44. The van der Waals surface area contributed by atoms with Gasteiger partial charge in [0.15, 0.2) is 23.4 Å². The van der Waals surface area contributed by atoms with Crippen molar-refractivity contribution in [2.45, 2.75) is 12.1 Å². The highest BCUT2D eigenvalue weighted by atomic mass is 16.6. The molecule has 0 radical (unpaired) electrons. The molecule has 242 valence electrons.